The van der Waals surface area contributed by atoms with Crippen molar-refractivity contribution in [2.75, 3.05) is 5.32 Å². The molecule has 0 aliphatic carbocycles. The summed E-state index contributed by atoms with van der Waals surface area (Å²) in [6, 6.07) is 8.10. The van der Waals surface area contributed by atoms with Crippen LogP contribution in [-0.2, 0) is 15.8 Å². The molecular weight excluding hydrogens is 458 g/mol. The van der Waals surface area contributed by atoms with E-state index in [1.165, 1.54) is 0 Å². The van der Waals surface area contributed by atoms with Crippen molar-refractivity contribution in [3.8, 4) is 0 Å². The van der Waals surface area contributed by atoms with Crippen LogP contribution in [0.15, 0.2) is 43.0 Å². The predicted octanol–water partition coefficient (Wildman–Crippen LogP) is 5.68. The van der Waals surface area contributed by atoms with Crippen LogP contribution < -0.4 is 11.1 Å². The van der Waals surface area contributed by atoms with Crippen LogP contribution in [0.2, 0.25) is 18.1 Å². The van der Waals surface area contributed by atoms with E-state index in [2.05, 4.69) is 61.0 Å². The van der Waals surface area contributed by atoms with Crippen LogP contribution in [0.4, 0.5) is 5.69 Å². The number of benzene rings is 1. The Kier molecular flexibility index (Phi) is 8.22. The second-order valence-corrected chi connectivity index (χ2v) is 15.4. The first-order valence-corrected chi connectivity index (χ1v) is 15.2. The van der Waals surface area contributed by atoms with Gasteiger partial charge in [0.25, 0.3) is 5.91 Å². The molecule has 9 heteroatoms. The minimum Gasteiger partial charge on any atom is -0.397 e. The Hall–Kier alpha value is -2.91. The number of imidazole rings is 1. The summed E-state index contributed by atoms with van der Waals surface area (Å²) in [7, 11) is -2.07. The lowest BCUT2D eigenvalue weighted by Crippen LogP contribution is -2.42. The monoisotopic (exact) mass is 497 g/mol. The molecule has 0 aliphatic rings. The van der Waals surface area contributed by atoms with Gasteiger partial charge in [0.15, 0.2) is 8.32 Å². The van der Waals surface area contributed by atoms with Crippen LogP contribution in [0.1, 0.15) is 70.1 Å². The fourth-order valence-electron chi connectivity index (χ4n) is 3.75. The Morgan fingerprint density at radius 2 is 1.97 bits per heavy atom. The van der Waals surface area contributed by atoms with Crippen LogP contribution >= 0.6 is 0 Å². The fraction of sp³-hybridized carbons (Fsp3) is 0.500. The number of aromatic nitrogens is 3. The molecule has 0 spiro atoms. The Balaban J connectivity index is 1.75. The zero-order valence-electron chi connectivity index (χ0n) is 21.8. The summed E-state index contributed by atoms with van der Waals surface area (Å²) >= 11 is 0. The van der Waals surface area contributed by atoms with Crippen molar-refractivity contribution in [2.45, 2.75) is 84.3 Å². The van der Waals surface area contributed by atoms with Crippen LogP contribution in [0.25, 0.3) is 10.9 Å². The highest BCUT2D eigenvalue weighted by Crippen LogP contribution is 2.39. The summed E-state index contributed by atoms with van der Waals surface area (Å²) in [4.78, 5) is 27.8. The highest BCUT2D eigenvalue weighted by Gasteiger charge is 2.39. The van der Waals surface area contributed by atoms with E-state index in [0.29, 0.717) is 6.42 Å². The number of carbonyl (C=O) groups is 2. The molecule has 1 aromatic carbocycles. The van der Waals surface area contributed by atoms with E-state index in [1.54, 1.807) is 12.5 Å². The second kappa shape index (κ2) is 10.8. The molecule has 0 unspecified atom stereocenters. The van der Waals surface area contributed by atoms with Gasteiger partial charge in [0.1, 0.15) is 11.9 Å². The number of primary amides is 1. The van der Waals surface area contributed by atoms with E-state index in [9.17, 15) is 9.59 Å². The number of nitrogens with one attached hydrogen (secondary N) is 1. The topological polar surface area (TPSA) is 104 Å². The van der Waals surface area contributed by atoms with E-state index < -0.39 is 14.2 Å². The molecule has 0 bridgehead atoms. The van der Waals surface area contributed by atoms with Crippen molar-refractivity contribution in [3.05, 3.63) is 48.7 Å². The van der Waals surface area contributed by atoms with Gasteiger partial charge in [0.2, 0.25) is 5.91 Å². The SMILES string of the molecule is CCCC(=O)Nc1ccc2ccn(CCC[C@@H](O[Si](C)(C)C(C)(C)C)n3cnc(C(N)=O)c3)c2c1. The highest BCUT2D eigenvalue weighted by molar-refractivity contribution is 6.74. The van der Waals surface area contributed by atoms with Crippen LogP contribution in [-0.4, -0.2) is 34.2 Å². The van der Waals surface area contributed by atoms with Gasteiger partial charge in [-0.25, -0.2) is 4.98 Å². The molecule has 0 saturated carbocycles. The number of amides is 2. The number of nitrogens with zero attached hydrogens (tertiary/aromatic N) is 3. The van der Waals surface area contributed by atoms with E-state index in [1.807, 2.05) is 29.7 Å². The van der Waals surface area contributed by atoms with Crippen LogP contribution in [0, 0.1) is 0 Å². The normalized spacial score (nSPS) is 13.2. The zero-order chi connectivity index (χ0) is 25.8. The molecule has 2 heterocycles. The first kappa shape index (κ1) is 26.7. The van der Waals surface area contributed by atoms with Gasteiger partial charge in [0, 0.05) is 31.0 Å². The van der Waals surface area contributed by atoms with Crippen molar-refractivity contribution < 1.29 is 14.0 Å². The molecule has 0 fully saturated rings. The van der Waals surface area contributed by atoms with Gasteiger partial charge in [-0.05, 0) is 61.0 Å². The highest BCUT2D eigenvalue weighted by atomic mass is 28.4. The summed E-state index contributed by atoms with van der Waals surface area (Å²) < 4.78 is 10.8. The molecule has 1 atom stereocenters. The van der Waals surface area contributed by atoms with Crippen LogP contribution in [0.3, 0.4) is 0 Å². The minimum absolute atomic E-state index is 0.0336. The number of nitrogens with two attached hydrogens (primary N) is 1. The van der Waals surface area contributed by atoms with E-state index in [-0.39, 0.29) is 22.9 Å². The quantitative estimate of drug-likeness (QED) is 0.333. The Bertz CT molecular complexity index is 1180. The molecule has 190 valence electrons. The van der Waals surface area contributed by atoms with E-state index >= 15 is 0 Å². The van der Waals surface area contributed by atoms with Gasteiger partial charge in [-0.1, -0.05) is 33.8 Å². The number of fused-ring (bicyclic) bond motifs is 1. The Labute approximate surface area is 209 Å². The molecule has 8 nitrogen and oxygen atoms in total. The first-order valence-electron chi connectivity index (χ1n) is 12.3. The third-order valence-electron chi connectivity index (χ3n) is 6.81. The summed E-state index contributed by atoms with van der Waals surface area (Å²) in [5, 5.41) is 4.17. The van der Waals surface area contributed by atoms with Gasteiger partial charge in [-0.3, -0.25) is 9.59 Å². The fourth-order valence-corrected chi connectivity index (χ4v) is 5.02. The largest absolute Gasteiger partial charge is 0.397 e. The molecule has 2 amide bonds. The molecule has 35 heavy (non-hydrogen) atoms. The van der Waals surface area contributed by atoms with Gasteiger partial charge < -0.3 is 24.6 Å². The maximum Gasteiger partial charge on any atom is 0.268 e. The lowest BCUT2D eigenvalue weighted by Gasteiger charge is -2.39. The smallest absolute Gasteiger partial charge is 0.268 e. The van der Waals surface area contributed by atoms with Gasteiger partial charge >= 0.3 is 0 Å². The van der Waals surface area contributed by atoms with Crippen molar-refractivity contribution in [1.82, 2.24) is 14.1 Å². The molecule has 3 aromatic rings. The summed E-state index contributed by atoms with van der Waals surface area (Å²) in [5.74, 6) is -0.512. The Morgan fingerprint density at radius 1 is 1.23 bits per heavy atom. The predicted molar refractivity (Wildman–Crippen MR) is 143 cm³/mol. The second-order valence-electron chi connectivity index (χ2n) is 10.6. The standard InChI is InChI=1S/C26H39N5O3Si/c1-7-9-23(32)29-20-12-11-19-13-15-30(22(19)16-20)14-8-10-24(34-35(5,6)26(2,3)4)31-17-21(25(27)33)28-18-31/h11-13,15-18,24H,7-10,14H2,1-6H3,(H2,27,33)(H,29,32)/t24-/m1/s1. The van der Waals surface area contributed by atoms with E-state index in [0.717, 1.165) is 42.4 Å². The number of hydrogen-bond donors (Lipinski definition) is 2. The molecule has 0 aliphatic heterocycles. The number of rotatable bonds is 11. The maximum atomic E-state index is 12.0. The van der Waals surface area contributed by atoms with E-state index in [4.69, 9.17) is 10.2 Å². The van der Waals surface area contributed by atoms with Crippen molar-refractivity contribution >= 4 is 36.7 Å². The third kappa shape index (κ3) is 6.61. The van der Waals surface area contributed by atoms with Gasteiger partial charge in [-0.15, -0.1) is 0 Å². The Morgan fingerprint density at radius 3 is 2.60 bits per heavy atom. The molecule has 3 N–H and O–H groups in total. The van der Waals surface area contributed by atoms with Crippen molar-refractivity contribution in [1.29, 1.82) is 0 Å². The first-order chi connectivity index (χ1) is 16.4. The van der Waals surface area contributed by atoms with Crippen molar-refractivity contribution in [3.63, 3.8) is 0 Å². The average Bonchev–Trinajstić information content (AvgIpc) is 3.40. The molecule has 0 saturated heterocycles. The molecule has 0 radical (unpaired) electrons. The summed E-state index contributed by atoms with van der Waals surface area (Å²) in [5.41, 5.74) is 7.56. The zero-order valence-corrected chi connectivity index (χ0v) is 22.8. The molecule has 3 rings (SSSR count). The van der Waals surface area contributed by atoms with Crippen LogP contribution in [0.5, 0.6) is 0 Å². The molecular formula is C26H39N5O3Si. The average molecular weight is 498 g/mol. The number of anilines is 1. The van der Waals surface area contributed by atoms with Crippen molar-refractivity contribution in [2.24, 2.45) is 5.73 Å². The van der Waals surface area contributed by atoms with Gasteiger partial charge in [-0.2, -0.15) is 0 Å². The lowest BCUT2D eigenvalue weighted by molar-refractivity contribution is -0.116. The maximum absolute atomic E-state index is 12.0. The summed E-state index contributed by atoms with van der Waals surface area (Å²) in [6.45, 7) is 13.9. The summed E-state index contributed by atoms with van der Waals surface area (Å²) in [6.07, 6.45) is 8.11. The third-order valence-corrected chi connectivity index (χ3v) is 11.3. The number of carbonyl (C=O) groups excluding carboxylic acids is 2. The molecule has 2 aromatic heterocycles. The lowest BCUT2D eigenvalue weighted by atomic mass is 10.2. The number of aryl methyl sites for hydroxylation is 1. The minimum atomic E-state index is -2.07. The number of hydrogen-bond acceptors (Lipinski definition) is 4. The van der Waals surface area contributed by atoms with Gasteiger partial charge in [0.05, 0.1) is 11.8 Å².